The van der Waals surface area contributed by atoms with Crippen molar-refractivity contribution < 1.29 is 5.11 Å². The number of hydrogen-bond donors (Lipinski definition) is 1. The number of aliphatic hydroxyl groups is 1. The van der Waals surface area contributed by atoms with Crippen molar-refractivity contribution in [2.45, 2.75) is 71.3 Å². The minimum Gasteiger partial charge on any atom is -0.389 e. The Morgan fingerprint density at radius 2 is 1.87 bits per heavy atom. The topological polar surface area (TPSA) is 20.2 Å². The van der Waals surface area contributed by atoms with E-state index in [1.54, 1.807) is 0 Å². The minimum absolute atomic E-state index is 0.206. The van der Waals surface area contributed by atoms with Gasteiger partial charge >= 0.3 is 0 Å². The van der Waals surface area contributed by atoms with Gasteiger partial charge in [-0.25, -0.2) is 0 Å². The second-order valence-corrected chi connectivity index (χ2v) is 6.17. The Kier molecular flexibility index (Phi) is 2.87. The van der Waals surface area contributed by atoms with Crippen LogP contribution in [-0.2, 0) is 0 Å². The quantitative estimate of drug-likeness (QED) is 0.699. The second-order valence-electron chi connectivity index (χ2n) is 6.17. The molecule has 0 bridgehead atoms. The van der Waals surface area contributed by atoms with Crippen LogP contribution in [-0.4, -0.2) is 10.7 Å². The Bertz CT molecular complexity index is 237. The molecule has 0 aromatic heterocycles. The average molecular weight is 210 g/mol. The van der Waals surface area contributed by atoms with E-state index in [0.29, 0.717) is 0 Å². The van der Waals surface area contributed by atoms with Gasteiger partial charge in [0.05, 0.1) is 5.60 Å². The van der Waals surface area contributed by atoms with Gasteiger partial charge in [0.2, 0.25) is 0 Å². The molecule has 2 saturated carbocycles. The summed E-state index contributed by atoms with van der Waals surface area (Å²) in [6.45, 7) is 6.91. The van der Waals surface area contributed by atoms with E-state index in [2.05, 4.69) is 20.8 Å². The molecule has 4 atom stereocenters. The summed E-state index contributed by atoms with van der Waals surface area (Å²) >= 11 is 0. The predicted octanol–water partition coefficient (Wildman–Crippen LogP) is 3.75. The lowest BCUT2D eigenvalue weighted by Gasteiger charge is -2.57. The Labute approximate surface area is 94.3 Å². The average Bonchev–Trinajstić information content (AvgIpc) is 2.21. The van der Waals surface area contributed by atoms with E-state index in [0.717, 1.165) is 24.7 Å². The molecule has 0 amide bonds. The van der Waals surface area contributed by atoms with E-state index < -0.39 is 0 Å². The van der Waals surface area contributed by atoms with Crippen molar-refractivity contribution in [2.75, 3.05) is 0 Å². The fourth-order valence-corrected chi connectivity index (χ4v) is 4.47. The first kappa shape index (κ1) is 11.4. The van der Waals surface area contributed by atoms with Gasteiger partial charge in [-0.2, -0.15) is 0 Å². The standard InChI is InChI=1S/C14H26O/c1-4-14(15)10-6-8-12-11(2)7-5-9-13(12,14)3/h11-12,15H,4-10H2,1-3H3/t11?,12-,13?,14?/m1/s1. The molecule has 88 valence electrons. The highest BCUT2D eigenvalue weighted by Crippen LogP contribution is 2.57. The minimum atomic E-state index is -0.370. The highest BCUT2D eigenvalue weighted by molar-refractivity contribution is 5.05. The van der Waals surface area contributed by atoms with Crippen LogP contribution < -0.4 is 0 Å². The van der Waals surface area contributed by atoms with Crippen molar-refractivity contribution in [1.29, 1.82) is 0 Å². The molecule has 2 aliphatic rings. The van der Waals surface area contributed by atoms with Gasteiger partial charge in [-0.1, -0.05) is 40.0 Å². The van der Waals surface area contributed by atoms with Crippen LogP contribution in [0.25, 0.3) is 0 Å². The molecule has 0 saturated heterocycles. The smallest absolute Gasteiger partial charge is 0.0701 e. The third-order valence-electron chi connectivity index (χ3n) is 5.61. The van der Waals surface area contributed by atoms with E-state index in [9.17, 15) is 5.11 Å². The van der Waals surface area contributed by atoms with Gasteiger partial charge < -0.3 is 5.11 Å². The summed E-state index contributed by atoms with van der Waals surface area (Å²) in [7, 11) is 0. The maximum atomic E-state index is 10.9. The molecule has 0 radical (unpaired) electrons. The van der Waals surface area contributed by atoms with Crippen LogP contribution in [0.2, 0.25) is 0 Å². The van der Waals surface area contributed by atoms with E-state index in [4.69, 9.17) is 0 Å². The fourth-order valence-electron chi connectivity index (χ4n) is 4.47. The summed E-state index contributed by atoms with van der Waals surface area (Å²) < 4.78 is 0. The number of hydrogen-bond acceptors (Lipinski definition) is 1. The summed E-state index contributed by atoms with van der Waals surface area (Å²) in [6, 6.07) is 0. The summed E-state index contributed by atoms with van der Waals surface area (Å²) in [6.07, 6.45) is 8.48. The summed E-state index contributed by atoms with van der Waals surface area (Å²) in [5.74, 6) is 1.59. The molecule has 1 heteroatoms. The highest BCUT2D eigenvalue weighted by atomic mass is 16.3. The lowest BCUT2D eigenvalue weighted by atomic mass is 9.50. The van der Waals surface area contributed by atoms with Crippen LogP contribution in [0.15, 0.2) is 0 Å². The maximum absolute atomic E-state index is 10.9. The maximum Gasteiger partial charge on any atom is 0.0701 e. The van der Waals surface area contributed by atoms with Gasteiger partial charge in [0, 0.05) is 0 Å². The first-order chi connectivity index (χ1) is 7.03. The fraction of sp³-hybridized carbons (Fsp3) is 1.00. The van der Waals surface area contributed by atoms with E-state index in [1.807, 2.05) is 0 Å². The molecule has 0 aromatic rings. The Hall–Kier alpha value is -0.0400. The molecule has 1 N–H and O–H groups in total. The van der Waals surface area contributed by atoms with Crippen molar-refractivity contribution in [3.8, 4) is 0 Å². The Balaban J connectivity index is 2.30. The molecule has 2 rings (SSSR count). The molecule has 2 aliphatic carbocycles. The normalized spacial score (nSPS) is 51.2. The van der Waals surface area contributed by atoms with E-state index >= 15 is 0 Å². The SMILES string of the molecule is CCC1(O)CCC[C@@H]2C(C)CCCC21C. The molecule has 0 aromatic carbocycles. The molecule has 0 heterocycles. The summed E-state index contributed by atoms with van der Waals surface area (Å²) in [5, 5.41) is 10.9. The molecule has 15 heavy (non-hydrogen) atoms. The van der Waals surface area contributed by atoms with Gasteiger partial charge in [0.1, 0.15) is 0 Å². The van der Waals surface area contributed by atoms with Crippen LogP contribution >= 0.6 is 0 Å². The first-order valence-electron chi connectivity index (χ1n) is 6.76. The number of rotatable bonds is 1. The van der Waals surface area contributed by atoms with Crippen molar-refractivity contribution >= 4 is 0 Å². The van der Waals surface area contributed by atoms with Crippen LogP contribution in [0.1, 0.15) is 65.7 Å². The molecule has 1 nitrogen and oxygen atoms in total. The zero-order valence-electron chi connectivity index (χ0n) is 10.6. The summed E-state index contributed by atoms with van der Waals surface area (Å²) in [4.78, 5) is 0. The highest BCUT2D eigenvalue weighted by Gasteiger charge is 2.54. The predicted molar refractivity (Wildman–Crippen MR) is 63.7 cm³/mol. The van der Waals surface area contributed by atoms with Gasteiger partial charge in [0.25, 0.3) is 0 Å². The zero-order chi connectivity index (χ0) is 11.1. The Morgan fingerprint density at radius 1 is 1.20 bits per heavy atom. The van der Waals surface area contributed by atoms with Crippen LogP contribution in [0.5, 0.6) is 0 Å². The third kappa shape index (κ3) is 1.54. The molecular formula is C14H26O. The second kappa shape index (κ2) is 3.76. The molecule has 0 aliphatic heterocycles. The van der Waals surface area contributed by atoms with Gasteiger partial charge in [-0.3, -0.25) is 0 Å². The van der Waals surface area contributed by atoms with Crippen molar-refractivity contribution in [3.05, 3.63) is 0 Å². The number of fused-ring (bicyclic) bond motifs is 1. The third-order valence-corrected chi connectivity index (χ3v) is 5.61. The van der Waals surface area contributed by atoms with Crippen molar-refractivity contribution in [1.82, 2.24) is 0 Å². The van der Waals surface area contributed by atoms with Crippen molar-refractivity contribution in [3.63, 3.8) is 0 Å². The van der Waals surface area contributed by atoms with Crippen molar-refractivity contribution in [2.24, 2.45) is 17.3 Å². The first-order valence-corrected chi connectivity index (χ1v) is 6.76. The summed E-state index contributed by atoms with van der Waals surface area (Å²) in [5.41, 5.74) is -0.164. The zero-order valence-corrected chi connectivity index (χ0v) is 10.6. The lowest BCUT2D eigenvalue weighted by Crippen LogP contribution is -2.56. The lowest BCUT2D eigenvalue weighted by molar-refractivity contribution is -0.166. The largest absolute Gasteiger partial charge is 0.389 e. The molecule has 3 unspecified atom stereocenters. The molecule has 0 spiro atoms. The molecular weight excluding hydrogens is 184 g/mol. The Morgan fingerprint density at radius 3 is 2.53 bits per heavy atom. The molecule has 2 fully saturated rings. The van der Waals surface area contributed by atoms with Gasteiger partial charge in [0.15, 0.2) is 0 Å². The van der Waals surface area contributed by atoms with E-state index in [-0.39, 0.29) is 11.0 Å². The van der Waals surface area contributed by atoms with Gasteiger partial charge in [-0.15, -0.1) is 0 Å². The van der Waals surface area contributed by atoms with Gasteiger partial charge in [-0.05, 0) is 42.9 Å². The van der Waals surface area contributed by atoms with Crippen LogP contribution in [0.3, 0.4) is 0 Å². The van der Waals surface area contributed by atoms with Crippen LogP contribution in [0, 0.1) is 17.3 Å². The monoisotopic (exact) mass is 210 g/mol. The van der Waals surface area contributed by atoms with Crippen LogP contribution in [0.4, 0.5) is 0 Å². The van der Waals surface area contributed by atoms with E-state index in [1.165, 1.54) is 32.1 Å².